The first-order valence-corrected chi connectivity index (χ1v) is 12.3. The zero-order chi connectivity index (χ0) is 26.8. The third kappa shape index (κ3) is 7.28. The Morgan fingerprint density at radius 2 is 1.53 bits per heavy atom. The molecule has 7 nitrogen and oxygen atoms in total. The second-order valence-electron chi connectivity index (χ2n) is 9.20. The molecule has 2 N–H and O–H groups in total. The van der Waals surface area contributed by atoms with Crippen molar-refractivity contribution in [3.8, 4) is 11.1 Å². The van der Waals surface area contributed by atoms with Crippen molar-refractivity contribution in [1.29, 1.82) is 0 Å². The van der Waals surface area contributed by atoms with Crippen molar-refractivity contribution in [3.63, 3.8) is 0 Å². The van der Waals surface area contributed by atoms with Crippen molar-refractivity contribution in [2.24, 2.45) is 11.7 Å². The fourth-order valence-electron chi connectivity index (χ4n) is 4.08. The molecule has 0 aliphatic rings. The third-order valence-corrected chi connectivity index (χ3v) is 6.65. The van der Waals surface area contributed by atoms with E-state index in [0.29, 0.717) is 12.8 Å². The lowest BCUT2D eigenvalue weighted by Crippen LogP contribution is -2.56. The molecule has 7 heteroatoms. The van der Waals surface area contributed by atoms with Gasteiger partial charge >= 0.3 is 5.97 Å². The summed E-state index contributed by atoms with van der Waals surface area (Å²) in [5.41, 5.74) is 9.38. The minimum Gasteiger partial charge on any atom is -0.460 e. The maximum absolute atomic E-state index is 13.2. The van der Waals surface area contributed by atoms with E-state index in [2.05, 4.69) is 6.58 Å². The zero-order valence-electron chi connectivity index (χ0n) is 22.0. The van der Waals surface area contributed by atoms with Crippen LogP contribution in [-0.2, 0) is 25.5 Å². The molecule has 0 aliphatic heterocycles. The minimum atomic E-state index is -0.805. The van der Waals surface area contributed by atoms with Crippen LogP contribution in [0.15, 0.2) is 67.3 Å². The maximum Gasteiger partial charge on any atom is 0.329 e. The normalized spacial score (nSPS) is 14.2. The van der Waals surface area contributed by atoms with Crippen LogP contribution >= 0.6 is 0 Å². The summed E-state index contributed by atoms with van der Waals surface area (Å²) in [5.74, 6) is -1.31. The highest BCUT2D eigenvalue weighted by molar-refractivity contribution is 5.91. The summed E-state index contributed by atoms with van der Waals surface area (Å²) in [4.78, 5) is 41.7. The molecular formula is C29H39N3O4. The molecule has 0 saturated carbocycles. The molecule has 0 unspecified atom stereocenters. The number of amides is 2. The Morgan fingerprint density at radius 3 is 2.08 bits per heavy atom. The van der Waals surface area contributed by atoms with Gasteiger partial charge in [-0.15, -0.1) is 0 Å². The molecule has 0 fully saturated rings. The predicted molar refractivity (Wildman–Crippen MR) is 143 cm³/mol. The van der Waals surface area contributed by atoms with E-state index in [1.807, 2.05) is 68.4 Å². The van der Waals surface area contributed by atoms with E-state index in [1.165, 1.54) is 15.9 Å². The number of ether oxygens (including phenoxy) is 1. The number of esters is 1. The van der Waals surface area contributed by atoms with E-state index in [1.54, 1.807) is 21.0 Å². The van der Waals surface area contributed by atoms with Crippen LogP contribution < -0.4 is 5.73 Å². The van der Waals surface area contributed by atoms with Crippen LogP contribution in [0.5, 0.6) is 0 Å². The Bertz CT molecular complexity index is 1020. The molecule has 194 valence electrons. The molecule has 36 heavy (non-hydrogen) atoms. The van der Waals surface area contributed by atoms with Gasteiger partial charge < -0.3 is 20.3 Å². The summed E-state index contributed by atoms with van der Waals surface area (Å²) in [6.07, 6.45) is 2.51. The van der Waals surface area contributed by atoms with Crippen molar-refractivity contribution < 1.29 is 19.1 Å². The van der Waals surface area contributed by atoms with Crippen LogP contribution in [0, 0.1) is 5.92 Å². The lowest BCUT2D eigenvalue weighted by Gasteiger charge is -2.35. The van der Waals surface area contributed by atoms with E-state index >= 15 is 0 Å². The third-order valence-electron chi connectivity index (χ3n) is 6.65. The Balaban J connectivity index is 2.05. The van der Waals surface area contributed by atoms with Crippen LogP contribution in [0.3, 0.4) is 0 Å². The van der Waals surface area contributed by atoms with Gasteiger partial charge in [0.25, 0.3) is 0 Å². The van der Waals surface area contributed by atoms with Crippen LogP contribution in [0.2, 0.25) is 0 Å². The molecule has 2 amide bonds. The van der Waals surface area contributed by atoms with Crippen LogP contribution in [-0.4, -0.2) is 66.4 Å². The van der Waals surface area contributed by atoms with Crippen LogP contribution in [0.4, 0.5) is 0 Å². The van der Waals surface area contributed by atoms with Crippen molar-refractivity contribution >= 4 is 17.8 Å². The van der Waals surface area contributed by atoms with E-state index < -0.39 is 24.1 Å². The van der Waals surface area contributed by atoms with Crippen molar-refractivity contribution in [2.75, 3.05) is 20.7 Å². The Morgan fingerprint density at radius 1 is 0.944 bits per heavy atom. The molecule has 2 aromatic carbocycles. The van der Waals surface area contributed by atoms with Crippen molar-refractivity contribution in [1.82, 2.24) is 9.80 Å². The van der Waals surface area contributed by atoms with Gasteiger partial charge in [0.1, 0.15) is 18.7 Å². The van der Waals surface area contributed by atoms with Gasteiger partial charge in [0.15, 0.2) is 0 Å². The number of benzene rings is 2. The first-order chi connectivity index (χ1) is 17.1. The molecule has 0 radical (unpaired) electrons. The minimum absolute atomic E-state index is 0.0723. The van der Waals surface area contributed by atoms with E-state index in [4.69, 9.17) is 10.5 Å². The summed E-state index contributed by atoms with van der Waals surface area (Å²) in [6, 6.07) is 15.6. The summed E-state index contributed by atoms with van der Waals surface area (Å²) in [7, 11) is 3.13. The zero-order valence-corrected chi connectivity index (χ0v) is 22.0. The summed E-state index contributed by atoms with van der Waals surface area (Å²) in [6.45, 7) is 9.11. The summed E-state index contributed by atoms with van der Waals surface area (Å²) >= 11 is 0. The van der Waals surface area contributed by atoms with Gasteiger partial charge in [0, 0.05) is 14.1 Å². The van der Waals surface area contributed by atoms with Gasteiger partial charge in [0.05, 0.1) is 6.04 Å². The number of carbonyl (C=O) groups is 3. The number of nitrogens with two attached hydrogens (primary N) is 1. The number of hydrogen-bond acceptors (Lipinski definition) is 5. The van der Waals surface area contributed by atoms with Crippen molar-refractivity contribution in [3.05, 3.63) is 72.8 Å². The molecule has 0 aliphatic carbocycles. The highest BCUT2D eigenvalue weighted by atomic mass is 16.5. The molecule has 0 bridgehead atoms. The average Bonchev–Trinajstić information content (AvgIpc) is 2.90. The second kappa shape index (κ2) is 13.6. The molecule has 0 spiro atoms. The van der Waals surface area contributed by atoms with Crippen molar-refractivity contribution in [2.45, 2.75) is 51.7 Å². The molecule has 2 rings (SSSR count). The predicted octanol–water partition coefficient (Wildman–Crippen LogP) is 3.67. The highest BCUT2D eigenvalue weighted by Crippen LogP contribution is 2.20. The Kier molecular flexibility index (Phi) is 10.9. The standard InChI is InChI=1S/C29H39N3O4/c1-7-18-36-29(35)26(20(3)8-2)32(6)27(33)21(4)31(5)28(34)25(30)19-22-14-16-24(17-15-22)23-12-10-9-11-13-23/h7,9-17,20-21,25-26H,1,8,18-19,30H2,2-6H3/t20-,21-,25-,26-/m0/s1. The summed E-state index contributed by atoms with van der Waals surface area (Å²) < 4.78 is 5.23. The lowest BCUT2D eigenvalue weighted by molar-refractivity contribution is -0.157. The summed E-state index contributed by atoms with van der Waals surface area (Å²) in [5, 5.41) is 0. The van der Waals surface area contributed by atoms with Gasteiger partial charge in [-0.2, -0.15) is 0 Å². The fraction of sp³-hybridized carbons (Fsp3) is 0.414. The molecule has 2 aromatic rings. The van der Waals surface area contributed by atoms with E-state index in [9.17, 15) is 14.4 Å². The maximum atomic E-state index is 13.2. The first kappa shape index (κ1) is 28.8. The number of nitrogens with zero attached hydrogens (tertiary/aromatic N) is 2. The molecule has 0 saturated heterocycles. The van der Waals surface area contributed by atoms with Crippen LogP contribution in [0.1, 0.15) is 32.8 Å². The molecular weight excluding hydrogens is 454 g/mol. The monoisotopic (exact) mass is 493 g/mol. The van der Waals surface area contributed by atoms with Gasteiger partial charge in [-0.1, -0.05) is 87.5 Å². The quantitative estimate of drug-likeness (QED) is 0.360. The molecule has 4 atom stereocenters. The average molecular weight is 494 g/mol. The van der Waals surface area contributed by atoms with E-state index in [0.717, 1.165) is 16.7 Å². The lowest BCUT2D eigenvalue weighted by atomic mass is 9.97. The number of likely N-dealkylation sites (N-methyl/N-ethyl adjacent to an activating group) is 2. The number of rotatable bonds is 12. The Hall–Kier alpha value is -3.45. The van der Waals surface area contributed by atoms with E-state index in [-0.39, 0.29) is 24.3 Å². The molecule has 0 aromatic heterocycles. The fourth-order valence-corrected chi connectivity index (χ4v) is 4.08. The topological polar surface area (TPSA) is 92.9 Å². The second-order valence-corrected chi connectivity index (χ2v) is 9.20. The Labute approximate surface area is 214 Å². The first-order valence-electron chi connectivity index (χ1n) is 12.3. The SMILES string of the molecule is C=CCOC(=O)[C@H]([C@@H](C)CC)N(C)C(=O)[C@H](C)N(C)C(=O)[C@@H](N)Cc1ccc(-c2ccccc2)cc1. The van der Waals surface area contributed by atoms with Gasteiger partial charge in [-0.3, -0.25) is 9.59 Å². The van der Waals surface area contributed by atoms with Gasteiger partial charge in [-0.05, 0) is 36.0 Å². The smallest absolute Gasteiger partial charge is 0.329 e. The molecule has 0 heterocycles. The van der Waals surface area contributed by atoms with Gasteiger partial charge in [-0.25, -0.2) is 4.79 Å². The number of carbonyl (C=O) groups excluding carboxylic acids is 3. The highest BCUT2D eigenvalue weighted by Gasteiger charge is 2.36. The number of hydrogen-bond donors (Lipinski definition) is 1. The largest absolute Gasteiger partial charge is 0.460 e. The van der Waals surface area contributed by atoms with Gasteiger partial charge in [0.2, 0.25) is 11.8 Å². The van der Waals surface area contributed by atoms with Crippen LogP contribution in [0.25, 0.3) is 11.1 Å².